The summed E-state index contributed by atoms with van der Waals surface area (Å²) >= 11 is 0. The summed E-state index contributed by atoms with van der Waals surface area (Å²) < 4.78 is 13.0. The quantitative estimate of drug-likeness (QED) is 0.216. The van der Waals surface area contributed by atoms with E-state index in [2.05, 4.69) is 87.5 Å². The summed E-state index contributed by atoms with van der Waals surface area (Å²) in [5.74, 6) is 0.340. The monoisotopic (exact) mass is 506 g/mol. The minimum Gasteiger partial charge on any atom is -0.457 e. The van der Waals surface area contributed by atoms with Crippen molar-refractivity contribution in [2.75, 3.05) is 0 Å². The van der Waals surface area contributed by atoms with Crippen molar-refractivity contribution in [3.63, 3.8) is 0 Å². The number of carbonyl (C=O) groups is 1. The molecule has 1 aliphatic carbocycles. The molecule has 0 unspecified atom stereocenters. The average molecular weight is 507 g/mol. The van der Waals surface area contributed by atoms with Gasteiger partial charge >= 0.3 is 5.97 Å². The summed E-state index contributed by atoms with van der Waals surface area (Å²) in [4.78, 5) is 12.6. The lowest BCUT2D eigenvalue weighted by atomic mass is 9.84. The van der Waals surface area contributed by atoms with Crippen LogP contribution in [0.2, 0.25) is 5.04 Å². The van der Waals surface area contributed by atoms with Gasteiger partial charge in [-0.3, -0.25) is 0 Å². The molecule has 196 valence electrons. The number of allylic oxidation sites excluding steroid dienone is 1. The topological polar surface area (TPSA) is 35.5 Å². The number of carbonyl (C=O) groups excluding carboxylic acids is 1. The Balaban J connectivity index is 1.85. The van der Waals surface area contributed by atoms with Crippen molar-refractivity contribution < 1.29 is 14.0 Å². The average Bonchev–Trinajstić information content (AvgIpc) is 2.82. The number of rotatable bonds is 8. The van der Waals surface area contributed by atoms with E-state index in [1.165, 1.54) is 16.8 Å². The Morgan fingerprint density at radius 2 is 1.47 bits per heavy atom. The number of esters is 1. The zero-order valence-corrected chi connectivity index (χ0v) is 24.5. The van der Waals surface area contributed by atoms with E-state index in [0.717, 1.165) is 31.3 Å². The van der Waals surface area contributed by atoms with Gasteiger partial charge in [0.2, 0.25) is 0 Å². The summed E-state index contributed by atoms with van der Waals surface area (Å²) in [5.41, 5.74) is 0.324. The molecule has 0 aliphatic heterocycles. The van der Waals surface area contributed by atoms with Crippen LogP contribution < -0.4 is 10.4 Å². The molecule has 1 aliphatic rings. The Hall–Kier alpha value is -2.17. The fourth-order valence-corrected chi connectivity index (χ4v) is 10.3. The summed E-state index contributed by atoms with van der Waals surface area (Å²) in [6.45, 7) is 14.8. The van der Waals surface area contributed by atoms with E-state index in [4.69, 9.17) is 9.16 Å². The van der Waals surface area contributed by atoms with Gasteiger partial charge in [-0.15, -0.1) is 0 Å². The van der Waals surface area contributed by atoms with Crippen molar-refractivity contribution in [3.05, 3.63) is 72.3 Å². The van der Waals surface area contributed by atoms with Crippen LogP contribution in [0.5, 0.6) is 0 Å². The highest BCUT2D eigenvalue weighted by Gasteiger charge is 2.51. The predicted molar refractivity (Wildman–Crippen MR) is 153 cm³/mol. The molecule has 2 atom stereocenters. The van der Waals surface area contributed by atoms with Crippen molar-refractivity contribution in [2.45, 2.75) is 104 Å². The summed E-state index contributed by atoms with van der Waals surface area (Å²) in [7, 11) is -2.55. The smallest absolute Gasteiger partial charge is 0.334 e. The van der Waals surface area contributed by atoms with Gasteiger partial charge in [-0.2, -0.15) is 0 Å². The van der Waals surface area contributed by atoms with E-state index in [1.54, 1.807) is 0 Å². The number of hydrogen-bond acceptors (Lipinski definition) is 3. The Morgan fingerprint density at radius 3 is 1.94 bits per heavy atom. The van der Waals surface area contributed by atoms with Gasteiger partial charge in [-0.05, 0) is 74.2 Å². The molecule has 0 radical (unpaired) electrons. The van der Waals surface area contributed by atoms with E-state index in [1.807, 2.05) is 27.7 Å². The fourth-order valence-electron chi connectivity index (χ4n) is 5.53. The normalized spacial score (nSPS) is 19.7. The molecule has 1 fully saturated rings. The van der Waals surface area contributed by atoms with Crippen LogP contribution in [-0.2, 0) is 14.0 Å². The van der Waals surface area contributed by atoms with E-state index in [0.29, 0.717) is 12.3 Å². The molecule has 2 aromatic carbocycles. The number of hydrogen-bond donors (Lipinski definition) is 0. The molecule has 0 bridgehead atoms. The second-order valence-electron chi connectivity index (χ2n) is 12.3. The molecule has 3 rings (SSSR count). The van der Waals surface area contributed by atoms with Crippen LogP contribution in [0, 0.1) is 5.92 Å². The molecule has 3 nitrogen and oxygen atoms in total. The van der Waals surface area contributed by atoms with Crippen LogP contribution in [0.25, 0.3) is 0 Å². The third-order valence-corrected chi connectivity index (χ3v) is 12.3. The largest absolute Gasteiger partial charge is 0.457 e. The maximum Gasteiger partial charge on any atom is 0.334 e. The third kappa shape index (κ3) is 6.98. The Labute approximate surface area is 220 Å². The Bertz CT molecular complexity index is 960. The maximum atomic E-state index is 12.6. The maximum absolute atomic E-state index is 12.6. The summed E-state index contributed by atoms with van der Waals surface area (Å²) in [6.07, 6.45) is 8.42. The molecule has 0 heterocycles. The molecule has 1 saturated carbocycles. The molecule has 0 aromatic heterocycles. The van der Waals surface area contributed by atoms with Crippen molar-refractivity contribution in [1.29, 1.82) is 0 Å². The van der Waals surface area contributed by atoms with Crippen LogP contribution in [0.3, 0.4) is 0 Å². The second-order valence-corrected chi connectivity index (χ2v) is 16.5. The highest BCUT2D eigenvalue weighted by Crippen LogP contribution is 2.40. The van der Waals surface area contributed by atoms with E-state index in [-0.39, 0.29) is 17.1 Å². The minimum atomic E-state index is -2.55. The van der Waals surface area contributed by atoms with Gasteiger partial charge in [0.15, 0.2) is 0 Å². The van der Waals surface area contributed by atoms with Crippen LogP contribution in [0.15, 0.2) is 72.3 Å². The molecular formula is C32H46O3Si. The standard InChI is InChI=1S/C32H46O3Si/c1-8-26(30(33)34-31(2,3)4)23-22-25-16-15-17-27(24-25)35-36(32(5,6)7,28-18-11-9-12-19-28)29-20-13-10-14-21-29/h9-14,18-21,23,25,27H,8,15-17,22,24H2,1-7H3/t25-,27-/m0/s1. The second kappa shape index (κ2) is 11.9. The molecule has 0 amide bonds. The van der Waals surface area contributed by atoms with Crippen molar-refractivity contribution in [1.82, 2.24) is 0 Å². The SMILES string of the molecule is CCC(=CC[C@@H]1CCC[C@H](O[Si](c2ccccc2)(c2ccccc2)C(C)(C)C)C1)C(=O)OC(C)(C)C. The van der Waals surface area contributed by atoms with Crippen LogP contribution in [0.1, 0.15) is 87.0 Å². The van der Waals surface area contributed by atoms with Crippen molar-refractivity contribution >= 4 is 24.7 Å². The zero-order valence-electron chi connectivity index (χ0n) is 23.5. The van der Waals surface area contributed by atoms with E-state index >= 15 is 0 Å². The molecule has 2 aromatic rings. The Kier molecular flexibility index (Phi) is 9.40. The number of benzene rings is 2. The van der Waals surface area contributed by atoms with E-state index < -0.39 is 13.9 Å². The molecular weight excluding hydrogens is 460 g/mol. The van der Waals surface area contributed by atoms with Crippen LogP contribution in [-0.4, -0.2) is 26.0 Å². The first kappa shape index (κ1) is 28.4. The minimum absolute atomic E-state index is 0.0192. The van der Waals surface area contributed by atoms with Gasteiger partial charge in [0.25, 0.3) is 8.32 Å². The lowest BCUT2D eigenvalue weighted by Gasteiger charge is -2.46. The fraction of sp³-hybridized carbons (Fsp3) is 0.531. The van der Waals surface area contributed by atoms with Gasteiger partial charge < -0.3 is 9.16 Å². The van der Waals surface area contributed by atoms with Gasteiger partial charge in [-0.1, -0.05) is 101 Å². The zero-order chi connectivity index (χ0) is 26.4. The lowest BCUT2D eigenvalue weighted by Crippen LogP contribution is -2.67. The predicted octanol–water partition coefficient (Wildman–Crippen LogP) is 7.19. The molecule has 0 spiro atoms. The first-order chi connectivity index (χ1) is 17.0. The van der Waals surface area contributed by atoms with Crippen molar-refractivity contribution in [3.8, 4) is 0 Å². The van der Waals surface area contributed by atoms with Gasteiger partial charge in [0.1, 0.15) is 5.60 Å². The van der Waals surface area contributed by atoms with Gasteiger partial charge in [-0.25, -0.2) is 4.79 Å². The van der Waals surface area contributed by atoms with E-state index in [9.17, 15) is 4.79 Å². The first-order valence-corrected chi connectivity index (χ1v) is 15.6. The van der Waals surface area contributed by atoms with Crippen LogP contribution >= 0.6 is 0 Å². The van der Waals surface area contributed by atoms with Crippen LogP contribution in [0.4, 0.5) is 0 Å². The van der Waals surface area contributed by atoms with Gasteiger partial charge in [0.05, 0.1) is 0 Å². The molecule has 0 N–H and O–H groups in total. The summed E-state index contributed by atoms with van der Waals surface area (Å²) in [5, 5.41) is 2.65. The summed E-state index contributed by atoms with van der Waals surface area (Å²) in [6, 6.07) is 21.8. The highest BCUT2D eigenvalue weighted by molar-refractivity contribution is 6.99. The Morgan fingerprint density at radius 1 is 0.917 bits per heavy atom. The molecule has 36 heavy (non-hydrogen) atoms. The number of ether oxygens (including phenoxy) is 1. The van der Waals surface area contributed by atoms with Gasteiger partial charge in [0, 0.05) is 11.7 Å². The highest BCUT2D eigenvalue weighted by atomic mass is 28.4. The molecule has 0 saturated heterocycles. The first-order valence-electron chi connectivity index (χ1n) is 13.7. The van der Waals surface area contributed by atoms with Crippen molar-refractivity contribution in [2.24, 2.45) is 5.92 Å². The lowest BCUT2D eigenvalue weighted by molar-refractivity contribution is -0.150. The third-order valence-electron chi connectivity index (χ3n) is 7.23. The molecule has 4 heteroatoms.